The molecule has 1 atom stereocenters. The number of aromatic hydroxyl groups is 1. The van der Waals surface area contributed by atoms with Gasteiger partial charge in [-0.05, 0) is 30.9 Å². The van der Waals surface area contributed by atoms with E-state index >= 15 is 0 Å². The summed E-state index contributed by atoms with van der Waals surface area (Å²) in [4.78, 5) is 26.5. The molecule has 24 heavy (non-hydrogen) atoms. The molecule has 130 valence electrons. The van der Waals surface area contributed by atoms with Gasteiger partial charge in [0.05, 0.1) is 5.92 Å². The maximum absolute atomic E-state index is 12.3. The molecule has 3 rings (SSSR count). The normalized spacial score (nSPS) is 21.9. The molecule has 2 amide bonds. The molecule has 0 bridgehead atoms. The van der Waals surface area contributed by atoms with E-state index in [9.17, 15) is 14.7 Å². The SMILES string of the molecule is O=C(NCCc1ccccc1O)C1CC(=O)N(C2CCCCC2)C1. The van der Waals surface area contributed by atoms with Crippen LogP contribution in [0.1, 0.15) is 44.1 Å². The van der Waals surface area contributed by atoms with Gasteiger partial charge in [0.25, 0.3) is 0 Å². The Morgan fingerprint density at radius 3 is 2.71 bits per heavy atom. The van der Waals surface area contributed by atoms with Gasteiger partial charge in [-0.15, -0.1) is 0 Å². The van der Waals surface area contributed by atoms with Crippen molar-refractivity contribution in [3.63, 3.8) is 0 Å². The molecule has 2 aliphatic rings. The first kappa shape index (κ1) is 16.8. The number of phenols is 1. The van der Waals surface area contributed by atoms with Gasteiger partial charge in [-0.25, -0.2) is 0 Å². The molecular weight excluding hydrogens is 304 g/mol. The maximum Gasteiger partial charge on any atom is 0.225 e. The van der Waals surface area contributed by atoms with Crippen molar-refractivity contribution >= 4 is 11.8 Å². The molecule has 0 aromatic heterocycles. The third kappa shape index (κ3) is 3.89. The molecule has 1 heterocycles. The summed E-state index contributed by atoms with van der Waals surface area (Å²) in [7, 11) is 0. The van der Waals surface area contributed by atoms with Crippen LogP contribution in [0, 0.1) is 5.92 Å². The molecule has 1 aromatic rings. The Morgan fingerprint density at radius 1 is 1.21 bits per heavy atom. The van der Waals surface area contributed by atoms with Crippen LogP contribution < -0.4 is 5.32 Å². The Morgan fingerprint density at radius 2 is 1.96 bits per heavy atom. The van der Waals surface area contributed by atoms with E-state index in [4.69, 9.17) is 0 Å². The number of hydrogen-bond acceptors (Lipinski definition) is 3. The summed E-state index contributed by atoms with van der Waals surface area (Å²) in [5.41, 5.74) is 0.823. The number of nitrogens with zero attached hydrogens (tertiary/aromatic N) is 1. The molecule has 1 aliphatic heterocycles. The lowest BCUT2D eigenvalue weighted by molar-refractivity contribution is -0.130. The number of rotatable bonds is 5. The number of carbonyl (C=O) groups excluding carboxylic acids is 2. The van der Waals surface area contributed by atoms with Crippen LogP contribution in [0.5, 0.6) is 5.75 Å². The highest BCUT2D eigenvalue weighted by molar-refractivity contribution is 5.89. The number of likely N-dealkylation sites (tertiary alicyclic amines) is 1. The minimum Gasteiger partial charge on any atom is -0.508 e. The molecule has 0 radical (unpaired) electrons. The maximum atomic E-state index is 12.3. The Hall–Kier alpha value is -2.04. The number of nitrogens with one attached hydrogen (secondary N) is 1. The number of benzene rings is 1. The molecule has 5 nitrogen and oxygen atoms in total. The van der Waals surface area contributed by atoms with Gasteiger partial charge >= 0.3 is 0 Å². The van der Waals surface area contributed by atoms with Crippen LogP contribution in [0.4, 0.5) is 0 Å². The Kier molecular flexibility index (Phi) is 5.38. The van der Waals surface area contributed by atoms with E-state index in [0.717, 1.165) is 18.4 Å². The molecule has 2 fully saturated rings. The fourth-order valence-electron chi connectivity index (χ4n) is 3.84. The van der Waals surface area contributed by atoms with E-state index in [2.05, 4.69) is 5.32 Å². The first-order valence-corrected chi connectivity index (χ1v) is 8.99. The topological polar surface area (TPSA) is 69.6 Å². The first-order valence-electron chi connectivity index (χ1n) is 8.99. The zero-order valence-corrected chi connectivity index (χ0v) is 14.0. The zero-order chi connectivity index (χ0) is 16.9. The predicted molar refractivity (Wildman–Crippen MR) is 91.5 cm³/mol. The Balaban J connectivity index is 1.47. The molecule has 0 spiro atoms. The predicted octanol–water partition coefficient (Wildman–Crippen LogP) is 2.23. The largest absolute Gasteiger partial charge is 0.508 e. The number of hydrogen-bond donors (Lipinski definition) is 2. The summed E-state index contributed by atoms with van der Waals surface area (Å²) in [6, 6.07) is 7.49. The smallest absolute Gasteiger partial charge is 0.225 e. The minimum atomic E-state index is -0.233. The molecular formula is C19H26N2O3. The summed E-state index contributed by atoms with van der Waals surface area (Å²) < 4.78 is 0. The molecule has 1 saturated carbocycles. The molecule has 1 aromatic carbocycles. The van der Waals surface area contributed by atoms with Gasteiger partial charge in [0.1, 0.15) is 5.75 Å². The number of phenolic OH excluding ortho intramolecular Hbond substituents is 1. The Bertz CT molecular complexity index is 596. The highest BCUT2D eigenvalue weighted by Crippen LogP contribution is 2.28. The summed E-state index contributed by atoms with van der Waals surface area (Å²) in [5.74, 6) is 0.106. The van der Waals surface area contributed by atoms with Crippen molar-refractivity contribution in [1.82, 2.24) is 10.2 Å². The standard InChI is InChI=1S/C19H26N2O3/c22-17-9-5-4-6-14(17)10-11-20-19(24)15-12-18(23)21(13-15)16-7-2-1-3-8-16/h4-6,9,15-16,22H,1-3,7-8,10-13H2,(H,20,24). The second kappa shape index (κ2) is 7.69. The van der Waals surface area contributed by atoms with Crippen molar-refractivity contribution in [2.24, 2.45) is 5.92 Å². The minimum absolute atomic E-state index is 0.0444. The van der Waals surface area contributed by atoms with Gasteiger partial charge in [0, 0.05) is 25.6 Å². The van der Waals surface area contributed by atoms with E-state index < -0.39 is 0 Å². The highest BCUT2D eigenvalue weighted by Gasteiger charge is 2.37. The Labute approximate surface area is 143 Å². The van der Waals surface area contributed by atoms with Crippen LogP contribution in [-0.4, -0.2) is 41.0 Å². The third-order valence-electron chi connectivity index (χ3n) is 5.23. The van der Waals surface area contributed by atoms with Crippen LogP contribution in [-0.2, 0) is 16.0 Å². The molecule has 2 N–H and O–H groups in total. The lowest BCUT2D eigenvalue weighted by Crippen LogP contribution is -2.39. The van der Waals surface area contributed by atoms with Crippen LogP contribution in [0.25, 0.3) is 0 Å². The van der Waals surface area contributed by atoms with Crippen LogP contribution in [0.15, 0.2) is 24.3 Å². The highest BCUT2D eigenvalue weighted by atomic mass is 16.3. The quantitative estimate of drug-likeness (QED) is 0.870. The second-order valence-corrected chi connectivity index (χ2v) is 6.91. The van der Waals surface area contributed by atoms with E-state index in [0.29, 0.717) is 32.0 Å². The fourth-order valence-corrected chi connectivity index (χ4v) is 3.84. The second-order valence-electron chi connectivity index (χ2n) is 6.91. The monoisotopic (exact) mass is 330 g/mol. The van der Waals surface area contributed by atoms with Crippen molar-refractivity contribution in [2.75, 3.05) is 13.1 Å². The number of carbonyl (C=O) groups is 2. The van der Waals surface area contributed by atoms with Gasteiger partial charge in [-0.3, -0.25) is 9.59 Å². The van der Waals surface area contributed by atoms with Crippen molar-refractivity contribution in [3.8, 4) is 5.75 Å². The van der Waals surface area contributed by atoms with Crippen molar-refractivity contribution in [3.05, 3.63) is 29.8 Å². The first-order chi connectivity index (χ1) is 11.6. The van der Waals surface area contributed by atoms with Gasteiger partial charge in [0.15, 0.2) is 0 Å². The lowest BCUT2D eigenvalue weighted by Gasteiger charge is -2.31. The summed E-state index contributed by atoms with van der Waals surface area (Å²) >= 11 is 0. The number of amides is 2. The van der Waals surface area contributed by atoms with Gasteiger partial charge in [-0.2, -0.15) is 0 Å². The van der Waals surface area contributed by atoms with Crippen molar-refractivity contribution < 1.29 is 14.7 Å². The van der Waals surface area contributed by atoms with Crippen LogP contribution in [0.2, 0.25) is 0 Å². The van der Waals surface area contributed by atoms with E-state index in [1.54, 1.807) is 12.1 Å². The summed E-state index contributed by atoms with van der Waals surface area (Å²) in [6.07, 6.45) is 6.71. The van der Waals surface area contributed by atoms with Crippen LogP contribution >= 0.6 is 0 Å². The third-order valence-corrected chi connectivity index (χ3v) is 5.23. The average molecular weight is 330 g/mol. The van der Waals surface area contributed by atoms with Gasteiger partial charge < -0.3 is 15.3 Å². The van der Waals surface area contributed by atoms with Gasteiger partial charge in [-0.1, -0.05) is 37.5 Å². The lowest BCUT2D eigenvalue weighted by atomic mass is 9.94. The molecule has 1 saturated heterocycles. The van der Waals surface area contributed by atoms with Crippen molar-refractivity contribution in [2.45, 2.75) is 51.0 Å². The summed E-state index contributed by atoms with van der Waals surface area (Å²) in [6.45, 7) is 1.04. The van der Waals surface area contributed by atoms with E-state index in [-0.39, 0.29) is 23.5 Å². The van der Waals surface area contributed by atoms with E-state index in [1.165, 1.54) is 19.3 Å². The van der Waals surface area contributed by atoms with Gasteiger partial charge in [0.2, 0.25) is 11.8 Å². The van der Waals surface area contributed by atoms with E-state index in [1.807, 2.05) is 17.0 Å². The number of para-hydroxylation sites is 1. The molecule has 1 unspecified atom stereocenters. The zero-order valence-electron chi connectivity index (χ0n) is 14.0. The average Bonchev–Trinajstić information content (AvgIpc) is 2.99. The molecule has 1 aliphatic carbocycles. The van der Waals surface area contributed by atoms with Crippen molar-refractivity contribution in [1.29, 1.82) is 0 Å². The summed E-state index contributed by atoms with van der Waals surface area (Å²) in [5, 5.41) is 12.7. The molecule has 5 heteroatoms. The fraction of sp³-hybridized carbons (Fsp3) is 0.579. The van der Waals surface area contributed by atoms with Crippen LogP contribution in [0.3, 0.4) is 0 Å².